The molecule has 1 aliphatic rings. The molecule has 0 heterocycles. The number of alkyl halides is 4. The number of hydrogen-bond acceptors (Lipinski definition) is 4. The van der Waals surface area contributed by atoms with Gasteiger partial charge < -0.3 is 14.4 Å². The predicted octanol–water partition coefficient (Wildman–Crippen LogP) is 2.65. The Morgan fingerprint density at radius 2 is 1.58 bits per heavy atom. The zero-order valence-electron chi connectivity index (χ0n) is 12.6. The van der Waals surface area contributed by atoms with E-state index < -0.39 is 65.5 Å². The SMILES string of the molecule is O=C(O)C1CCC(C(=O)OCCCC(F)(F)C(F)(F)S(=O)O)CC1. The van der Waals surface area contributed by atoms with Gasteiger partial charge in [0, 0.05) is 6.42 Å². The fourth-order valence-corrected chi connectivity index (χ4v) is 2.79. The first-order valence-electron chi connectivity index (χ1n) is 7.25. The minimum Gasteiger partial charge on any atom is -0.481 e. The quantitative estimate of drug-likeness (QED) is 0.291. The van der Waals surface area contributed by atoms with Crippen molar-refractivity contribution in [3.63, 3.8) is 0 Å². The first-order chi connectivity index (χ1) is 11.0. The molecule has 0 aromatic carbocycles. The van der Waals surface area contributed by atoms with Crippen LogP contribution in [0.4, 0.5) is 17.6 Å². The second kappa shape index (κ2) is 8.24. The lowest BCUT2D eigenvalue weighted by Gasteiger charge is -2.25. The molecule has 6 nitrogen and oxygen atoms in total. The summed E-state index contributed by atoms with van der Waals surface area (Å²) in [6.45, 7) is -0.526. The highest BCUT2D eigenvalue weighted by Gasteiger charge is 2.60. The van der Waals surface area contributed by atoms with Gasteiger partial charge in [0.1, 0.15) is 0 Å². The molecule has 0 radical (unpaired) electrons. The maximum Gasteiger partial charge on any atom is 0.406 e. The molecule has 11 heteroatoms. The summed E-state index contributed by atoms with van der Waals surface area (Å²) in [4.78, 5) is 22.5. The van der Waals surface area contributed by atoms with Gasteiger partial charge in [0.2, 0.25) is 11.1 Å². The van der Waals surface area contributed by atoms with Gasteiger partial charge in [-0.25, -0.2) is 4.21 Å². The third kappa shape index (κ3) is 5.13. The molecule has 0 saturated heterocycles. The van der Waals surface area contributed by atoms with Crippen LogP contribution in [-0.4, -0.2) is 43.6 Å². The van der Waals surface area contributed by atoms with Gasteiger partial charge in [0.05, 0.1) is 18.4 Å². The van der Waals surface area contributed by atoms with E-state index in [2.05, 4.69) is 0 Å². The second-order valence-corrected chi connectivity index (χ2v) is 6.64. The minimum atomic E-state index is -5.08. The second-order valence-electron chi connectivity index (χ2n) is 5.63. The lowest BCUT2D eigenvalue weighted by atomic mass is 9.82. The summed E-state index contributed by atoms with van der Waals surface area (Å²) in [6, 6.07) is 0. The molecule has 1 aliphatic carbocycles. The Bertz CT molecular complexity index is 491. The van der Waals surface area contributed by atoms with E-state index in [1.807, 2.05) is 0 Å². The smallest absolute Gasteiger partial charge is 0.406 e. The molecule has 2 N–H and O–H groups in total. The molecule has 1 unspecified atom stereocenters. The molecule has 0 bridgehead atoms. The number of esters is 1. The third-order valence-corrected chi connectivity index (χ3v) is 4.67. The van der Waals surface area contributed by atoms with Crippen LogP contribution in [0.5, 0.6) is 0 Å². The summed E-state index contributed by atoms with van der Waals surface area (Å²) in [6.07, 6.45) is -0.800. The minimum absolute atomic E-state index is 0.299. The van der Waals surface area contributed by atoms with Gasteiger partial charge in [0.25, 0.3) is 0 Å². The number of carbonyl (C=O) groups is 2. The first kappa shape index (κ1) is 20.8. The van der Waals surface area contributed by atoms with Crippen LogP contribution >= 0.6 is 0 Å². The van der Waals surface area contributed by atoms with Crippen molar-refractivity contribution >= 4 is 23.0 Å². The van der Waals surface area contributed by atoms with Crippen molar-refractivity contribution in [3.05, 3.63) is 0 Å². The van der Waals surface area contributed by atoms with E-state index in [9.17, 15) is 31.4 Å². The summed E-state index contributed by atoms with van der Waals surface area (Å²) in [5.74, 6) is -7.37. The van der Waals surface area contributed by atoms with Crippen molar-refractivity contribution in [1.29, 1.82) is 0 Å². The van der Waals surface area contributed by atoms with Gasteiger partial charge in [-0.1, -0.05) is 0 Å². The maximum absolute atomic E-state index is 13.2. The Morgan fingerprint density at radius 1 is 1.08 bits per heavy atom. The number of aliphatic carboxylic acids is 1. The average Bonchev–Trinajstić information content (AvgIpc) is 2.51. The highest BCUT2D eigenvalue weighted by Crippen LogP contribution is 2.39. The molecule has 1 rings (SSSR count). The van der Waals surface area contributed by atoms with Crippen molar-refractivity contribution in [2.75, 3.05) is 6.61 Å². The van der Waals surface area contributed by atoms with Crippen LogP contribution < -0.4 is 0 Å². The zero-order chi connectivity index (χ0) is 18.5. The molecule has 1 atom stereocenters. The fraction of sp³-hybridized carbons (Fsp3) is 0.846. The van der Waals surface area contributed by atoms with Gasteiger partial charge in [0.15, 0.2) is 0 Å². The van der Waals surface area contributed by atoms with Gasteiger partial charge in [-0.15, -0.1) is 0 Å². The summed E-state index contributed by atoms with van der Waals surface area (Å²) in [5, 5.41) is 3.75. The molecule has 1 fully saturated rings. The lowest BCUT2D eigenvalue weighted by molar-refractivity contribution is -0.166. The van der Waals surface area contributed by atoms with Crippen LogP contribution in [0.1, 0.15) is 38.5 Å². The standard InChI is InChI=1S/C13H18F4O6S/c14-12(15,13(16,17)24(21)22)6-1-7-23-11(20)9-4-2-8(3-5-9)10(18)19/h8-9H,1-7H2,(H,18,19)(H,21,22). The Hall–Kier alpha value is -1.23. The Kier molecular flexibility index (Phi) is 7.14. The first-order valence-corrected chi connectivity index (χ1v) is 8.35. The highest BCUT2D eigenvalue weighted by atomic mass is 32.2. The van der Waals surface area contributed by atoms with E-state index in [4.69, 9.17) is 14.4 Å². The molecule has 1 saturated carbocycles. The third-order valence-electron chi connectivity index (χ3n) is 3.93. The Balaban J connectivity index is 2.34. The van der Waals surface area contributed by atoms with Crippen molar-refractivity contribution < 1.29 is 45.8 Å². The van der Waals surface area contributed by atoms with Crippen molar-refractivity contribution in [3.8, 4) is 0 Å². The number of rotatable bonds is 8. The molecule has 0 aromatic heterocycles. The maximum atomic E-state index is 13.2. The highest BCUT2D eigenvalue weighted by molar-refractivity contribution is 7.80. The predicted molar refractivity (Wildman–Crippen MR) is 73.9 cm³/mol. The molecular formula is C13H18F4O6S. The van der Waals surface area contributed by atoms with Gasteiger partial charge in [-0.05, 0) is 32.1 Å². The molecule has 0 amide bonds. The van der Waals surface area contributed by atoms with Crippen molar-refractivity contribution in [2.45, 2.75) is 49.7 Å². The molecule has 0 spiro atoms. The molecule has 140 valence electrons. The van der Waals surface area contributed by atoms with Crippen molar-refractivity contribution in [1.82, 2.24) is 0 Å². The number of carboxylic acids is 1. The molecule has 0 aromatic rings. The van der Waals surface area contributed by atoms with Crippen LogP contribution in [-0.2, 0) is 25.4 Å². The fourth-order valence-electron chi connectivity index (χ4n) is 2.43. The number of carbonyl (C=O) groups excluding carboxylic acids is 1. The van der Waals surface area contributed by atoms with E-state index in [1.54, 1.807) is 0 Å². The number of halogens is 4. The largest absolute Gasteiger partial charge is 0.481 e. The van der Waals surface area contributed by atoms with E-state index >= 15 is 0 Å². The lowest BCUT2D eigenvalue weighted by Crippen LogP contribution is -2.44. The Morgan fingerprint density at radius 3 is 2.04 bits per heavy atom. The molecule has 24 heavy (non-hydrogen) atoms. The van der Waals surface area contributed by atoms with Crippen LogP contribution in [0.3, 0.4) is 0 Å². The van der Waals surface area contributed by atoms with E-state index in [-0.39, 0.29) is 0 Å². The zero-order valence-corrected chi connectivity index (χ0v) is 13.4. The molecular weight excluding hydrogens is 360 g/mol. The average molecular weight is 378 g/mol. The van der Waals surface area contributed by atoms with Gasteiger partial charge >= 0.3 is 23.1 Å². The number of hydrogen-bond donors (Lipinski definition) is 2. The van der Waals surface area contributed by atoms with Crippen LogP contribution in [0.25, 0.3) is 0 Å². The van der Waals surface area contributed by atoms with Crippen LogP contribution in [0.15, 0.2) is 0 Å². The summed E-state index contributed by atoms with van der Waals surface area (Å²) in [7, 11) is 0. The summed E-state index contributed by atoms with van der Waals surface area (Å²) >= 11 is -4.01. The van der Waals surface area contributed by atoms with Crippen LogP contribution in [0.2, 0.25) is 0 Å². The van der Waals surface area contributed by atoms with Crippen molar-refractivity contribution in [2.24, 2.45) is 11.8 Å². The van der Waals surface area contributed by atoms with E-state index in [0.717, 1.165) is 0 Å². The number of carboxylic acid groups (broad SMARTS) is 1. The van der Waals surface area contributed by atoms with Crippen LogP contribution in [0, 0.1) is 11.8 Å². The van der Waals surface area contributed by atoms with Gasteiger partial charge in [-0.2, -0.15) is 17.6 Å². The number of ether oxygens (including phenoxy) is 1. The summed E-state index contributed by atoms with van der Waals surface area (Å²) in [5.41, 5.74) is 0. The van der Waals surface area contributed by atoms with Gasteiger partial charge in [-0.3, -0.25) is 9.59 Å². The van der Waals surface area contributed by atoms with E-state index in [1.165, 1.54) is 0 Å². The summed E-state index contributed by atoms with van der Waals surface area (Å²) < 4.78 is 75.2. The monoisotopic (exact) mass is 378 g/mol. The van der Waals surface area contributed by atoms with E-state index in [0.29, 0.717) is 25.7 Å². The normalized spacial score (nSPS) is 23.5. The molecule has 0 aliphatic heterocycles. The topological polar surface area (TPSA) is 101 Å². The Labute approximate surface area is 137 Å².